The number of carbonyl (C=O) groups is 1. The highest BCUT2D eigenvalue weighted by molar-refractivity contribution is 5.80. The van der Waals surface area contributed by atoms with Crippen LogP contribution in [0.2, 0.25) is 0 Å². The average molecular weight is 226 g/mol. The Hall–Kier alpha value is -1.72. The minimum Gasteiger partial charge on any atom is -0.464 e. The third-order valence-electron chi connectivity index (χ3n) is 2.26. The minimum atomic E-state index is -0.447. The number of anilines is 2. The highest BCUT2D eigenvalue weighted by Gasteiger charge is 2.18. The van der Waals surface area contributed by atoms with Crippen molar-refractivity contribution in [2.24, 2.45) is 7.05 Å². The number of carbonyl (C=O) groups excluding carboxylic acids is 1. The maximum absolute atomic E-state index is 11.4. The van der Waals surface area contributed by atoms with Gasteiger partial charge in [-0.25, -0.2) is 4.79 Å². The molecule has 0 saturated carbocycles. The van der Waals surface area contributed by atoms with Gasteiger partial charge in [0.2, 0.25) is 0 Å². The summed E-state index contributed by atoms with van der Waals surface area (Å²) in [6.45, 7) is 5.67. The van der Waals surface area contributed by atoms with E-state index in [1.807, 2.05) is 6.92 Å². The Bertz CT molecular complexity index is 386. The summed E-state index contributed by atoms with van der Waals surface area (Å²) in [6, 6.07) is -0.447. The minimum absolute atomic E-state index is 0.305. The second-order valence-electron chi connectivity index (χ2n) is 3.59. The van der Waals surface area contributed by atoms with Gasteiger partial charge < -0.3 is 15.8 Å². The van der Waals surface area contributed by atoms with Crippen molar-refractivity contribution in [1.82, 2.24) is 9.78 Å². The molecule has 0 aromatic carbocycles. The molecular weight excluding hydrogens is 208 g/mol. The monoisotopic (exact) mass is 226 g/mol. The van der Waals surface area contributed by atoms with E-state index in [9.17, 15) is 4.79 Å². The second-order valence-corrected chi connectivity index (χ2v) is 3.59. The molecule has 90 valence electrons. The van der Waals surface area contributed by atoms with Gasteiger partial charge in [0.25, 0.3) is 0 Å². The fraction of sp³-hybridized carbons (Fsp3) is 0.600. The highest BCUT2D eigenvalue weighted by atomic mass is 16.5. The topological polar surface area (TPSA) is 82.2 Å². The molecule has 1 aromatic heterocycles. The normalized spacial score (nSPS) is 12.2. The predicted octanol–water partition coefficient (Wildman–Crippen LogP) is 0.674. The van der Waals surface area contributed by atoms with Gasteiger partial charge in [-0.15, -0.1) is 0 Å². The molecule has 1 aromatic rings. The van der Waals surface area contributed by atoms with Crippen LogP contribution < -0.4 is 11.1 Å². The van der Waals surface area contributed by atoms with Crippen molar-refractivity contribution in [2.45, 2.75) is 26.8 Å². The maximum atomic E-state index is 11.4. The number of aryl methyl sites for hydroxylation is 2. The van der Waals surface area contributed by atoms with Gasteiger partial charge in [-0.2, -0.15) is 5.10 Å². The van der Waals surface area contributed by atoms with E-state index in [4.69, 9.17) is 10.5 Å². The number of ether oxygens (including phenoxy) is 1. The summed E-state index contributed by atoms with van der Waals surface area (Å²) in [5.41, 5.74) is 7.12. The van der Waals surface area contributed by atoms with Crippen LogP contribution in [0.4, 0.5) is 11.5 Å². The zero-order valence-corrected chi connectivity index (χ0v) is 10.1. The van der Waals surface area contributed by atoms with Crippen LogP contribution in [0.1, 0.15) is 19.5 Å². The first-order valence-corrected chi connectivity index (χ1v) is 5.19. The lowest BCUT2D eigenvalue weighted by molar-refractivity contribution is -0.143. The van der Waals surface area contributed by atoms with E-state index in [1.165, 1.54) is 0 Å². The molecule has 0 saturated heterocycles. The molecule has 1 unspecified atom stereocenters. The van der Waals surface area contributed by atoms with Gasteiger partial charge in [-0.1, -0.05) is 0 Å². The zero-order valence-electron chi connectivity index (χ0n) is 10.1. The lowest BCUT2D eigenvalue weighted by Crippen LogP contribution is -2.29. The van der Waals surface area contributed by atoms with Crippen LogP contribution in [0.15, 0.2) is 0 Å². The SMILES string of the molecule is CCOC(=O)C(C)Nc1c(N)c(C)nn1C. The highest BCUT2D eigenvalue weighted by Crippen LogP contribution is 2.21. The summed E-state index contributed by atoms with van der Waals surface area (Å²) in [4.78, 5) is 11.4. The fourth-order valence-corrected chi connectivity index (χ4v) is 1.38. The number of nitrogens with zero attached hydrogens (tertiary/aromatic N) is 2. The van der Waals surface area contributed by atoms with Crippen molar-refractivity contribution >= 4 is 17.5 Å². The molecule has 1 atom stereocenters. The third-order valence-corrected chi connectivity index (χ3v) is 2.26. The van der Waals surface area contributed by atoms with E-state index >= 15 is 0 Å². The number of aromatic nitrogens is 2. The quantitative estimate of drug-likeness (QED) is 0.737. The van der Waals surface area contributed by atoms with Gasteiger partial charge >= 0.3 is 5.97 Å². The maximum Gasteiger partial charge on any atom is 0.328 e. The molecule has 0 fully saturated rings. The van der Waals surface area contributed by atoms with E-state index < -0.39 is 6.04 Å². The van der Waals surface area contributed by atoms with Crippen molar-refractivity contribution in [3.05, 3.63) is 5.69 Å². The number of hydrogen-bond acceptors (Lipinski definition) is 5. The molecule has 0 radical (unpaired) electrons. The molecular formula is C10H18N4O2. The Labute approximate surface area is 94.8 Å². The number of nitrogen functional groups attached to an aromatic ring is 1. The molecule has 0 bridgehead atoms. The Morgan fingerprint density at radius 2 is 2.31 bits per heavy atom. The van der Waals surface area contributed by atoms with Crippen molar-refractivity contribution < 1.29 is 9.53 Å². The van der Waals surface area contributed by atoms with Gasteiger partial charge in [-0.3, -0.25) is 4.68 Å². The summed E-state index contributed by atoms with van der Waals surface area (Å²) in [5, 5.41) is 7.13. The van der Waals surface area contributed by atoms with Gasteiger partial charge in [0.15, 0.2) is 0 Å². The largest absolute Gasteiger partial charge is 0.464 e. The summed E-state index contributed by atoms with van der Waals surface area (Å²) in [6.07, 6.45) is 0. The summed E-state index contributed by atoms with van der Waals surface area (Å²) in [5.74, 6) is 0.332. The molecule has 1 rings (SSSR count). The lowest BCUT2D eigenvalue weighted by Gasteiger charge is -2.14. The Morgan fingerprint density at radius 3 is 2.75 bits per heavy atom. The predicted molar refractivity (Wildman–Crippen MR) is 62.1 cm³/mol. The molecule has 6 heteroatoms. The van der Waals surface area contributed by atoms with E-state index in [0.717, 1.165) is 5.69 Å². The first-order chi connectivity index (χ1) is 7.47. The van der Waals surface area contributed by atoms with Crippen molar-refractivity contribution in [2.75, 3.05) is 17.7 Å². The fourth-order valence-electron chi connectivity index (χ4n) is 1.38. The number of hydrogen-bond donors (Lipinski definition) is 2. The standard InChI is InChI=1S/C10H18N4O2/c1-5-16-10(15)7(3)12-9-8(11)6(2)13-14(9)4/h7,12H,5,11H2,1-4H3. The van der Waals surface area contributed by atoms with E-state index in [0.29, 0.717) is 18.1 Å². The Balaban J connectivity index is 2.76. The summed E-state index contributed by atoms with van der Waals surface area (Å²) < 4.78 is 6.50. The van der Waals surface area contributed by atoms with Crippen molar-refractivity contribution in [3.63, 3.8) is 0 Å². The lowest BCUT2D eigenvalue weighted by atomic mass is 10.3. The molecule has 0 aliphatic carbocycles. The average Bonchev–Trinajstić information content (AvgIpc) is 2.45. The zero-order chi connectivity index (χ0) is 12.3. The van der Waals surface area contributed by atoms with Crippen LogP contribution in [0.3, 0.4) is 0 Å². The smallest absolute Gasteiger partial charge is 0.328 e. The van der Waals surface area contributed by atoms with Crippen LogP contribution in [0.5, 0.6) is 0 Å². The first-order valence-electron chi connectivity index (χ1n) is 5.19. The molecule has 6 nitrogen and oxygen atoms in total. The van der Waals surface area contributed by atoms with Gasteiger partial charge in [0.1, 0.15) is 11.9 Å². The molecule has 1 heterocycles. The summed E-state index contributed by atoms with van der Waals surface area (Å²) in [7, 11) is 1.77. The molecule has 0 aliphatic rings. The van der Waals surface area contributed by atoms with E-state index in [-0.39, 0.29) is 5.97 Å². The molecule has 0 spiro atoms. The molecule has 3 N–H and O–H groups in total. The number of nitrogens with one attached hydrogen (secondary N) is 1. The number of rotatable bonds is 4. The second kappa shape index (κ2) is 4.87. The van der Waals surface area contributed by atoms with Gasteiger partial charge in [-0.05, 0) is 20.8 Å². The van der Waals surface area contributed by atoms with E-state index in [2.05, 4.69) is 10.4 Å². The van der Waals surface area contributed by atoms with Gasteiger partial charge in [0.05, 0.1) is 18.0 Å². The first kappa shape index (κ1) is 12.4. The van der Waals surface area contributed by atoms with Gasteiger partial charge in [0, 0.05) is 7.05 Å². The number of nitrogens with two attached hydrogens (primary N) is 1. The van der Waals surface area contributed by atoms with Crippen LogP contribution >= 0.6 is 0 Å². The molecule has 0 aliphatic heterocycles. The van der Waals surface area contributed by atoms with E-state index in [1.54, 1.807) is 25.6 Å². The van der Waals surface area contributed by atoms with Crippen LogP contribution in [-0.4, -0.2) is 28.4 Å². The van der Waals surface area contributed by atoms with Crippen molar-refractivity contribution in [1.29, 1.82) is 0 Å². The Morgan fingerprint density at radius 1 is 1.69 bits per heavy atom. The molecule has 16 heavy (non-hydrogen) atoms. The van der Waals surface area contributed by atoms with Crippen LogP contribution in [0, 0.1) is 6.92 Å². The number of esters is 1. The third kappa shape index (κ3) is 2.44. The van der Waals surface area contributed by atoms with Crippen LogP contribution in [0.25, 0.3) is 0 Å². The molecule has 0 amide bonds. The summed E-state index contributed by atoms with van der Waals surface area (Å²) >= 11 is 0. The van der Waals surface area contributed by atoms with Crippen LogP contribution in [-0.2, 0) is 16.6 Å². The Kier molecular flexibility index (Phi) is 3.76. The van der Waals surface area contributed by atoms with Crippen molar-refractivity contribution in [3.8, 4) is 0 Å².